The molecule has 0 spiro atoms. The van der Waals surface area contributed by atoms with Gasteiger partial charge in [-0.05, 0) is 128 Å². The van der Waals surface area contributed by atoms with Gasteiger partial charge in [0.25, 0.3) is 0 Å². The standard InChI is InChI=1S/C39H55Br2P/c1-21(2)28-15-31(22(3)4)37(32(16-28)23(5)6)42(38-33(24(7)8)17-29(40)18-34(38)25(9)10)39-35(26(11)12)19-30(41)20-36(39)27(13)14/h15-27H,1-14H3. The van der Waals surface area contributed by atoms with Crippen molar-refractivity contribution in [3.8, 4) is 0 Å². The molecule has 3 aromatic rings. The zero-order chi connectivity index (χ0) is 31.8. The first-order valence-corrected chi connectivity index (χ1v) is 19.0. The van der Waals surface area contributed by atoms with Gasteiger partial charge in [0.2, 0.25) is 0 Å². The molecule has 0 amide bonds. The minimum absolute atomic E-state index is 0.417. The van der Waals surface area contributed by atoms with Gasteiger partial charge < -0.3 is 0 Å². The van der Waals surface area contributed by atoms with E-state index in [0.717, 1.165) is 0 Å². The zero-order valence-corrected chi connectivity index (χ0v) is 32.8. The number of rotatable bonds is 10. The lowest BCUT2D eigenvalue weighted by Gasteiger charge is -2.36. The maximum atomic E-state index is 3.93. The van der Waals surface area contributed by atoms with E-state index in [1.165, 1.54) is 47.9 Å². The lowest BCUT2D eigenvalue weighted by molar-refractivity contribution is 0.813. The molecule has 0 N–H and O–H groups in total. The first-order chi connectivity index (χ1) is 19.5. The van der Waals surface area contributed by atoms with Crippen LogP contribution in [0.2, 0.25) is 0 Å². The van der Waals surface area contributed by atoms with E-state index in [4.69, 9.17) is 0 Å². The van der Waals surface area contributed by atoms with Crippen molar-refractivity contribution in [3.05, 3.63) is 84.3 Å². The third kappa shape index (κ3) is 7.46. The second-order valence-corrected chi connectivity index (χ2v) is 18.2. The normalized spacial score (nSPS) is 12.6. The zero-order valence-electron chi connectivity index (χ0n) is 28.7. The van der Waals surface area contributed by atoms with Crippen molar-refractivity contribution >= 4 is 55.7 Å². The molecule has 0 atom stereocenters. The van der Waals surface area contributed by atoms with Crippen molar-refractivity contribution in [2.45, 2.75) is 138 Å². The highest BCUT2D eigenvalue weighted by Gasteiger charge is 2.34. The third-order valence-corrected chi connectivity index (χ3v) is 12.3. The first-order valence-electron chi connectivity index (χ1n) is 16.1. The van der Waals surface area contributed by atoms with E-state index < -0.39 is 7.92 Å². The predicted octanol–water partition coefficient (Wildman–Crippen LogP) is 12.8. The molecular weight excluding hydrogens is 659 g/mol. The summed E-state index contributed by atoms with van der Waals surface area (Å²) in [6.07, 6.45) is 0. The fourth-order valence-corrected chi connectivity index (χ4v) is 11.2. The van der Waals surface area contributed by atoms with Crippen LogP contribution in [0.4, 0.5) is 0 Å². The van der Waals surface area contributed by atoms with Crippen LogP contribution in [0.1, 0.15) is 177 Å². The van der Waals surface area contributed by atoms with Crippen LogP contribution in [-0.4, -0.2) is 0 Å². The molecule has 0 saturated heterocycles. The molecule has 3 rings (SSSR count). The van der Waals surface area contributed by atoms with Crippen LogP contribution in [0.3, 0.4) is 0 Å². The van der Waals surface area contributed by atoms with Crippen LogP contribution in [0.25, 0.3) is 0 Å². The van der Waals surface area contributed by atoms with Gasteiger partial charge in [-0.2, -0.15) is 0 Å². The summed E-state index contributed by atoms with van der Waals surface area (Å²) in [7, 11) is -0.864. The Morgan fingerprint density at radius 3 is 0.762 bits per heavy atom. The van der Waals surface area contributed by atoms with Crippen LogP contribution in [0.5, 0.6) is 0 Å². The van der Waals surface area contributed by atoms with Crippen LogP contribution in [0.15, 0.2) is 45.3 Å². The number of benzene rings is 3. The highest BCUT2D eigenvalue weighted by molar-refractivity contribution is 9.10. The molecule has 0 bridgehead atoms. The summed E-state index contributed by atoms with van der Waals surface area (Å²) in [6, 6.07) is 14.8. The monoisotopic (exact) mass is 712 g/mol. The molecule has 0 aliphatic heterocycles. The van der Waals surface area contributed by atoms with E-state index in [1.807, 2.05) is 0 Å². The minimum atomic E-state index is -0.864. The van der Waals surface area contributed by atoms with Crippen molar-refractivity contribution in [1.29, 1.82) is 0 Å². The average Bonchev–Trinajstić information content (AvgIpc) is 2.88. The highest BCUT2D eigenvalue weighted by Crippen LogP contribution is 2.48. The molecule has 0 aliphatic rings. The van der Waals surface area contributed by atoms with Crippen LogP contribution < -0.4 is 15.9 Å². The third-order valence-electron chi connectivity index (χ3n) is 8.53. The quantitative estimate of drug-likeness (QED) is 0.183. The van der Waals surface area contributed by atoms with E-state index in [9.17, 15) is 0 Å². The van der Waals surface area contributed by atoms with Gasteiger partial charge in [0.1, 0.15) is 0 Å². The Hall–Kier alpha value is -0.950. The van der Waals surface area contributed by atoms with Crippen molar-refractivity contribution in [1.82, 2.24) is 0 Å². The first kappa shape index (κ1) is 35.5. The number of halogens is 2. The van der Waals surface area contributed by atoms with Gasteiger partial charge in [0, 0.05) is 8.95 Å². The Morgan fingerprint density at radius 2 is 0.571 bits per heavy atom. The summed E-state index contributed by atoms with van der Waals surface area (Å²) in [5.41, 5.74) is 10.5. The number of hydrogen-bond acceptors (Lipinski definition) is 0. The van der Waals surface area contributed by atoms with Crippen LogP contribution in [0, 0.1) is 0 Å². The molecule has 3 aromatic carbocycles. The lowest BCUT2D eigenvalue weighted by Crippen LogP contribution is -2.35. The summed E-state index contributed by atoms with van der Waals surface area (Å²) in [5, 5.41) is 4.78. The van der Waals surface area contributed by atoms with Gasteiger partial charge >= 0.3 is 0 Å². The molecule has 0 aliphatic carbocycles. The van der Waals surface area contributed by atoms with E-state index >= 15 is 0 Å². The molecular formula is C39H55Br2P. The molecule has 0 aromatic heterocycles. The average molecular weight is 715 g/mol. The van der Waals surface area contributed by atoms with Gasteiger partial charge in [0.15, 0.2) is 0 Å². The largest absolute Gasteiger partial charge is 0.0587 e. The SMILES string of the molecule is CC(C)c1cc(C(C)C)c(P(c2c(C(C)C)cc(Br)cc2C(C)C)c2c(C(C)C)cc(Br)cc2C(C)C)c(C(C)C)c1. The van der Waals surface area contributed by atoms with Crippen molar-refractivity contribution in [2.75, 3.05) is 0 Å². The number of hydrogen-bond donors (Lipinski definition) is 0. The maximum Gasteiger partial charge on any atom is 0.0181 e. The Morgan fingerprint density at radius 1 is 0.357 bits per heavy atom. The molecule has 0 heterocycles. The molecule has 0 saturated carbocycles. The Kier molecular flexibility index (Phi) is 12.2. The molecule has 0 nitrogen and oxygen atoms in total. The van der Waals surface area contributed by atoms with Crippen molar-refractivity contribution in [3.63, 3.8) is 0 Å². The van der Waals surface area contributed by atoms with E-state index in [1.54, 1.807) is 15.9 Å². The topological polar surface area (TPSA) is 0 Å². The van der Waals surface area contributed by atoms with E-state index in [2.05, 4.69) is 165 Å². The summed E-state index contributed by atoms with van der Waals surface area (Å²) in [4.78, 5) is 0. The van der Waals surface area contributed by atoms with Gasteiger partial charge in [-0.15, -0.1) is 0 Å². The molecule has 42 heavy (non-hydrogen) atoms. The van der Waals surface area contributed by atoms with Crippen LogP contribution in [-0.2, 0) is 0 Å². The minimum Gasteiger partial charge on any atom is -0.0587 e. The second kappa shape index (κ2) is 14.4. The fraction of sp³-hybridized carbons (Fsp3) is 0.538. The fourth-order valence-electron chi connectivity index (χ4n) is 6.07. The van der Waals surface area contributed by atoms with Gasteiger partial charge in [-0.1, -0.05) is 141 Å². The molecule has 0 unspecified atom stereocenters. The van der Waals surface area contributed by atoms with Gasteiger partial charge in [-0.25, -0.2) is 0 Å². The summed E-state index contributed by atoms with van der Waals surface area (Å²) >= 11 is 7.86. The van der Waals surface area contributed by atoms with E-state index in [-0.39, 0.29) is 0 Å². The second-order valence-electron chi connectivity index (χ2n) is 14.3. The smallest absolute Gasteiger partial charge is 0.0181 e. The van der Waals surface area contributed by atoms with Crippen LogP contribution >= 0.6 is 39.8 Å². The maximum absolute atomic E-state index is 3.93. The molecule has 0 radical (unpaired) electrons. The van der Waals surface area contributed by atoms with Gasteiger partial charge in [-0.3, -0.25) is 0 Å². The Balaban J connectivity index is 2.79. The van der Waals surface area contributed by atoms with Crippen molar-refractivity contribution < 1.29 is 0 Å². The Labute approximate surface area is 276 Å². The van der Waals surface area contributed by atoms with Gasteiger partial charge in [0.05, 0.1) is 0 Å². The molecule has 230 valence electrons. The molecule has 3 heteroatoms. The molecule has 0 fully saturated rings. The summed E-state index contributed by atoms with van der Waals surface area (Å²) in [6.45, 7) is 33.4. The predicted molar refractivity (Wildman–Crippen MR) is 199 cm³/mol. The summed E-state index contributed by atoms with van der Waals surface area (Å²) in [5.74, 6) is 3.03. The van der Waals surface area contributed by atoms with Crippen molar-refractivity contribution in [2.24, 2.45) is 0 Å². The summed E-state index contributed by atoms with van der Waals surface area (Å²) < 4.78 is 2.39. The highest BCUT2D eigenvalue weighted by atomic mass is 79.9. The van der Waals surface area contributed by atoms with E-state index in [0.29, 0.717) is 41.4 Å². The lowest BCUT2D eigenvalue weighted by atomic mass is 9.89. The Bertz CT molecular complexity index is 1230.